The first kappa shape index (κ1) is 14.5. The smallest absolute Gasteiger partial charge is 0.239 e. The predicted molar refractivity (Wildman–Crippen MR) is 80.5 cm³/mol. The molecule has 20 heavy (non-hydrogen) atoms. The van der Waals surface area contributed by atoms with E-state index in [0.717, 1.165) is 6.42 Å². The molecule has 2 aromatic carbocycles. The average Bonchev–Trinajstić information content (AvgIpc) is 2.47. The highest BCUT2D eigenvalue weighted by Crippen LogP contribution is 2.15. The van der Waals surface area contributed by atoms with Crippen LogP contribution in [0.25, 0.3) is 10.8 Å². The third-order valence-corrected chi connectivity index (χ3v) is 3.21. The number of hydrogen-bond donors (Lipinski definition) is 2. The molecule has 2 rings (SSSR count). The second-order valence-corrected chi connectivity index (χ2v) is 4.78. The fraction of sp³-hybridized carbons (Fsp3) is 0.312. The maximum Gasteiger partial charge on any atom is 0.239 e. The summed E-state index contributed by atoms with van der Waals surface area (Å²) in [4.78, 5) is 11.6. The minimum Gasteiger partial charge on any atom is -0.383 e. The van der Waals surface area contributed by atoms with Crippen molar-refractivity contribution in [2.45, 2.75) is 12.5 Å². The van der Waals surface area contributed by atoms with Gasteiger partial charge in [-0.3, -0.25) is 4.79 Å². The minimum atomic E-state index is -0.600. The summed E-state index contributed by atoms with van der Waals surface area (Å²) in [6.45, 7) is 0.816. The van der Waals surface area contributed by atoms with Gasteiger partial charge >= 0.3 is 0 Å². The van der Waals surface area contributed by atoms with Crippen LogP contribution in [0.4, 0.5) is 0 Å². The highest BCUT2D eigenvalue weighted by molar-refractivity contribution is 5.83. The van der Waals surface area contributed by atoms with Crippen LogP contribution in [0, 0.1) is 0 Å². The molecule has 1 unspecified atom stereocenters. The van der Waals surface area contributed by atoms with Crippen molar-refractivity contribution in [3.05, 3.63) is 48.0 Å². The number of rotatable bonds is 6. The summed E-state index contributed by atoms with van der Waals surface area (Å²) in [5.74, 6) is -0.173. The van der Waals surface area contributed by atoms with Crippen molar-refractivity contribution >= 4 is 16.7 Å². The van der Waals surface area contributed by atoms with E-state index >= 15 is 0 Å². The molecule has 4 heteroatoms. The number of hydrogen-bond acceptors (Lipinski definition) is 3. The molecule has 0 saturated carbocycles. The van der Waals surface area contributed by atoms with Gasteiger partial charge in [-0.2, -0.15) is 0 Å². The number of benzene rings is 2. The van der Waals surface area contributed by atoms with Gasteiger partial charge in [0, 0.05) is 13.7 Å². The summed E-state index contributed by atoms with van der Waals surface area (Å²) in [6.07, 6.45) is 0.788. The van der Waals surface area contributed by atoms with E-state index in [1.807, 2.05) is 12.1 Å². The average molecular weight is 272 g/mol. The Labute approximate surface area is 118 Å². The quantitative estimate of drug-likeness (QED) is 0.837. The number of fused-ring (bicyclic) bond motifs is 1. The van der Waals surface area contributed by atoms with Gasteiger partial charge in [0.05, 0.1) is 6.61 Å². The Morgan fingerprint density at radius 1 is 1.25 bits per heavy atom. The first-order chi connectivity index (χ1) is 9.70. The Balaban J connectivity index is 1.88. The van der Waals surface area contributed by atoms with E-state index in [-0.39, 0.29) is 12.5 Å². The lowest BCUT2D eigenvalue weighted by molar-refractivity contribution is -0.123. The number of amides is 1. The van der Waals surface area contributed by atoms with Gasteiger partial charge in [-0.05, 0) is 22.8 Å². The van der Waals surface area contributed by atoms with Gasteiger partial charge in [0.1, 0.15) is 6.04 Å². The number of nitrogens with two attached hydrogens (primary N) is 1. The number of ether oxygens (including phenoxy) is 1. The molecule has 0 aliphatic carbocycles. The Hall–Kier alpha value is -1.91. The molecule has 0 bridgehead atoms. The summed E-state index contributed by atoms with van der Waals surface area (Å²) in [7, 11) is 1.53. The highest BCUT2D eigenvalue weighted by Gasteiger charge is 2.11. The van der Waals surface area contributed by atoms with Crippen LogP contribution in [-0.4, -0.2) is 32.2 Å². The van der Waals surface area contributed by atoms with Crippen molar-refractivity contribution in [2.75, 3.05) is 20.3 Å². The van der Waals surface area contributed by atoms with Crippen LogP contribution in [0.3, 0.4) is 0 Å². The Kier molecular flexibility index (Phi) is 5.09. The Morgan fingerprint density at radius 3 is 2.75 bits per heavy atom. The van der Waals surface area contributed by atoms with Gasteiger partial charge in [0.25, 0.3) is 0 Å². The zero-order chi connectivity index (χ0) is 14.4. The number of methoxy groups -OCH3 is 1. The molecule has 1 atom stereocenters. The van der Waals surface area contributed by atoms with Crippen molar-refractivity contribution in [3.63, 3.8) is 0 Å². The van der Waals surface area contributed by atoms with Crippen LogP contribution in [0.15, 0.2) is 42.5 Å². The minimum absolute atomic E-state index is 0.173. The molecule has 0 radical (unpaired) electrons. The highest BCUT2D eigenvalue weighted by atomic mass is 16.5. The largest absolute Gasteiger partial charge is 0.383 e. The van der Waals surface area contributed by atoms with E-state index in [0.29, 0.717) is 6.54 Å². The number of carbonyl (C=O) groups excluding carboxylic acids is 1. The molecule has 4 nitrogen and oxygen atoms in total. The third kappa shape index (κ3) is 3.79. The predicted octanol–water partition coefficient (Wildman–Crippen LogP) is 1.47. The van der Waals surface area contributed by atoms with Crippen LogP contribution in [0.2, 0.25) is 0 Å². The lowest BCUT2D eigenvalue weighted by Gasteiger charge is -2.11. The summed E-state index contributed by atoms with van der Waals surface area (Å²) >= 11 is 0. The molecule has 3 N–H and O–H groups in total. The van der Waals surface area contributed by atoms with Crippen LogP contribution >= 0.6 is 0 Å². The van der Waals surface area contributed by atoms with Crippen LogP contribution in [0.5, 0.6) is 0 Å². The van der Waals surface area contributed by atoms with E-state index in [9.17, 15) is 4.79 Å². The first-order valence-electron chi connectivity index (χ1n) is 6.70. The topological polar surface area (TPSA) is 64.3 Å². The standard InChI is InChI=1S/C16H20N2O2/c1-20-11-15(17)16(19)18-9-8-12-6-7-13-4-2-3-5-14(13)10-12/h2-7,10,15H,8-9,11,17H2,1H3,(H,18,19). The maximum atomic E-state index is 11.6. The normalized spacial score (nSPS) is 12.3. The molecular weight excluding hydrogens is 252 g/mol. The first-order valence-corrected chi connectivity index (χ1v) is 6.70. The number of carbonyl (C=O) groups is 1. The molecule has 106 valence electrons. The third-order valence-electron chi connectivity index (χ3n) is 3.21. The second kappa shape index (κ2) is 7.03. The molecular formula is C16H20N2O2. The van der Waals surface area contributed by atoms with Gasteiger partial charge in [-0.1, -0.05) is 42.5 Å². The molecule has 0 fully saturated rings. The van der Waals surface area contributed by atoms with Gasteiger partial charge in [0.2, 0.25) is 5.91 Å². The molecule has 0 heterocycles. The van der Waals surface area contributed by atoms with Crippen molar-refractivity contribution < 1.29 is 9.53 Å². The molecule has 2 aromatic rings. The van der Waals surface area contributed by atoms with Crippen LogP contribution < -0.4 is 11.1 Å². The second-order valence-electron chi connectivity index (χ2n) is 4.78. The van der Waals surface area contributed by atoms with Gasteiger partial charge < -0.3 is 15.8 Å². The summed E-state index contributed by atoms with van der Waals surface area (Å²) in [5, 5.41) is 5.26. The van der Waals surface area contributed by atoms with Crippen LogP contribution in [0.1, 0.15) is 5.56 Å². The van der Waals surface area contributed by atoms with Gasteiger partial charge in [-0.25, -0.2) is 0 Å². The van der Waals surface area contributed by atoms with Crippen molar-refractivity contribution in [2.24, 2.45) is 5.73 Å². The van der Waals surface area contributed by atoms with E-state index in [1.165, 1.54) is 23.4 Å². The van der Waals surface area contributed by atoms with E-state index < -0.39 is 6.04 Å². The van der Waals surface area contributed by atoms with E-state index in [1.54, 1.807) is 0 Å². The van der Waals surface area contributed by atoms with Crippen LogP contribution in [-0.2, 0) is 16.0 Å². The molecule has 0 spiro atoms. The Morgan fingerprint density at radius 2 is 2.00 bits per heavy atom. The molecule has 0 aromatic heterocycles. The van der Waals surface area contributed by atoms with Crippen molar-refractivity contribution in [1.29, 1.82) is 0 Å². The summed E-state index contributed by atoms with van der Waals surface area (Å²) < 4.78 is 4.85. The monoisotopic (exact) mass is 272 g/mol. The van der Waals surface area contributed by atoms with Crippen molar-refractivity contribution in [1.82, 2.24) is 5.32 Å². The van der Waals surface area contributed by atoms with E-state index in [2.05, 4.69) is 35.6 Å². The fourth-order valence-corrected chi connectivity index (χ4v) is 2.11. The Bertz CT molecular complexity index is 583. The number of nitrogens with one attached hydrogen (secondary N) is 1. The summed E-state index contributed by atoms with van der Waals surface area (Å²) in [6, 6.07) is 14.0. The maximum absolute atomic E-state index is 11.6. The molecule has 0 aliphatic heterocycles. The zero-order valence-corrected chi connectivity index (χ0v) is 11.6. The SMILES string of the molecule is COCC(N)C(=O)NCCc1ccc2ccccc2c1. The zero-order valence-electron chi connectivity index (χ0n) is 11.6. The molecule has 0 saturated heterocycles. The van der Waals surface area contributed by atoms with Crippen molar-refractivity contribution in [3.8, 4) is 0 Å². The summed E-state index contributed by atoms with van der Waals surface area (Å²) in [5.41, 5.74) is 6.84. The molecule has 1 amide bonds. The lowest BCUT2D eigenvalue weighted by Crippen LogP contribution is -2.44. The molecule has 0 aliphatic rings. The fourth-order valence-electron chi connectivity index (χ4n) is 2.11. The van der Waals surface area contributed by atoms with E-state index in [4.69, 9.17) is 10.5 Å². The lowest BCUT2D eigenvalue weighted by atomic mass is 10.1. The van der Waals surface area contributed by atoms with Gasteiger partial charge in [-0.15, -0.1) is 0 Å². The van der Waals surface area contributed by atoms with Gasteiger partial charge in [0.15, 0.2) is 0 Å².